The van der Waals surface area contributed by atoms with Crippen LogP contribution in [0.15, 0.2) is 42.2 Å². The second kappa shape index (κ2) is 7.97. The number of ketones is 1. The van der Waals surface area contributed by atoms with Crippen LogP contribution in [0, 0.1) is 0 Å². The molecule has 0 spiro atoms. The van der Waals surface area contributed by atoms with Gasteiger partial charge in [-0.25, -0.2) is 4.79 Å². The molecule has 150 valence electrons. The van der Waals surface area contributed by atoms with Crippen molar-refractivity contribution in [2.45, 2.75) is 18.9 Å². The van der Waals surface area contributed by atoms with Gasteiger partial charge < -0.3 is 23.7 Å². The van der Waals surface area contributed by atoms with Crippen LogP contribution in [0.4, 0.5) is 0 Å². The van der Waals surface area contributed by atoms with Crippen molar-refractivity contribution < 1.29 is 33.3 Å². The van der Waals surface area contributed by atoms with E-state index in [1.54, 1.807) is 43.5 Å². The van der Waals surface area contributed by atoms with Crippen molar-refractivity contribution in [1.82, 2.24) is 0 Å². The Bertz CT molecular complexity index is 987. The highest BCUT2D eigenvalue weighted by atomic mass is 16.6. The Labute approximate surface area is 167 Å². The molecular weight excluding hydrogens is 376 g/mol. The molecule has 7 nitrogen and oxygen atoms in total. The fourth-order valence-corrected chi connectivity index (χ4v) is 3.34. The van der Waals surface area contributed by atoms with Gasteiger partial charge in [0.25, 0.3) is 0 Å². The van der Waals surface area contributed by atoms with Crippen LogP contribution in [0.5, 0.6) is 23.0 Å². The summed E-state index contributed by atoms with van der Waals surface area (Å²) in [5.41, 5.74) is 1.04. The number of benzene rings is 2. The predicted molar refractivity (Wildman–Crippen MR) is 104 cm³/mol. The van der Waals surface area contributed by atoms with Crippen LogP contribution in [0.25, 0.3) is 6.08 Å². The van der Waals surface area contributed by atoms with Gasteiger partial charge >= 0.3 is 5.97 Å². The molecule has 2 aromatic rings. The molecule has 0 saturated carbocycles. The lowest BCUT2D eigenvalue weighted by atomic mass is 10.1. The molecule has 2 heterocycles. The highest BCUT2D eigenvalue weighted by molar-refractivity contribution is 6.14. The van der Waals surface area contributed by atoms with E-state index in [0.29, 0.717) is 47.2 Å². The second-order valence-corrected chi connectivity index (χ2v) is 6.60. The number of carbonyl (C=O) groups is 2. The molecule has 0 aromatic heterocycles. The second-order valence-electron chi connectivity index (χ2n) is 6.60. The maximum absolute atomic E-state index is 12.7. The summed E-state index contributed by atoms with van der Waals surface area (Å²) in [6.45, 7) is 0.559. The Morgan fingerprint density at radius 1 is 1.17 bits per heavy atom. The zero-order valence-corrected chi connectivity index (χ0v) is 16.1. The summed E-state index contributed by atoms with van der Waals surface area (Å²) in [4.78, 5) is 24.8. The lowest BCUT2D eigenvalue weighted by Gasteiger charge is -2.10. The van der Waals surface area contributed by atoms with Crippen molar-refractivity contribution in [3.63, 3.8) is 0 Å². The van der Waals surface area contributed by atoms with Crippen molar-refractivity contribution >= 4 is 17.8 Å². The van der Waals surface area contributed by atoms with Gasteiger partial charge in [-0.2, -0.15) is 0 Å². The van der Waals surface area contributed by atoms with Crippen molar-refractivity contribution in [2.75, 3.05) is 20.8 Å². The molecule has 0 bridgehead atoms. The minimum atomic E-state index is -0.540. The van der Waals surface area contributed by atoms with Crippen molar-refractivity contribution in [3.05, 3.63) is 53.3 Å². The van der Waals surface area contributed by atoms with Gasteiger partial charge in [-0.1, -0.05) is 12.1 Å². The third kappa shape index (κ3) is 3.69. The number of fused-ring (bicyclic) bond motifs is 1. The number of methoxy groups -OCH3 is 2. The molecule has 7 heteroatoms. The molecule has 1 fully saturated rings. The summed E-state index contributed by atoms with van der Waals surface area (Å²) in [6, 6.07) is 10.0. The first-order valence-corrected chi connectivity index (χ1v) is 9.23. The minimum absolute atomic E-state index is 0.147. The van der Waals surface area contributed by atoms with E-state index in [1.165, 1.54) is 13.2 Å². The van der Waals surface area contributed by atoms with Gasteiger partial charge in [-0.05, 0) is 37.1 Å². The number of rotatable bonds is 5. The molecule has 0 N–H and O–H groups in total. The largest absolute Gasteiger partial charge is 0.493 e. The zero-order valence-electron chi connectivity index (χ0n) is 16.1. The van der Waals surface area contributed by atoms with Crippen LogP contribution >= 0.6 is 0 Å². The number of para-hydroxylation sites is 1. The summed E-state index contributed by atoms with van der Waals surface area (Å²) >= 11 is 0. The predicted octanol–water partition coefficient (Wildman–Crippen LogP) is 3.40. The van der Waals surface area contributed by atoms with Crippen LogP contribution in [0.1, 0.15) is 28.8 Å². The van der Waals surface area contributed by atoms with Gasteiger partial charge in [0.1, 0.15) is 11.5 Å². The molecular formula is C22H20O7. The summed E-state index contributed by atoms with van der Waals surface area (Å²) in [6.07, 6.45) is 2.54. The summed E-state index contributed by atoms with van der Waals surface area (Å²) in [5, 5.41) is 0. The monoisotopic (exact) mass is 396 g/mol. The van der Waals surface area contributed by atoms with E-state index in [9.17, 15) is 9.59 Å². The first-order valence-electron chi connectivity index (χ1n) is 9.23. The normalized spacial score (nSPS) is 19.0. The number of esters is 1. The van der Waals surface area contributed by atoms with E-state index >= 15 is 0 Å². The highest BCUT2D eigenvalue weighted by Gasteiger charge is 2.30. The lowest BCUT2D eigenvalue weighted by Crippen LogP contribution is -2.24. The van der Waals surface area contributed by atoms with E-state index < -0.39 is 12.1 Å². The molecule has 2 aromatic carbocycles. The highest BCUT2D eigenvalue weighted by Crippen LogP contribution is 2.37. The minimum Gasteiger partial charge on any atom is -0.493 e. The standard InChI is InChI=1S/C22H20O7/c1-25-16-6-3-5-13(21(16)26-2)11-19-20(23)15-9-8-14(12-18(15)29-19)28-22(24)17-7-4-10-27-17/h3,5-6,8-9,11-12,17H,4,7,10H2,1-2H3/b19-11-. The number of Topliss-reactive ketones (excluding diaryl/α,β-unsaturated/α-hetero) is 1. The zero-order chi connectivity index (χ0) is 20.4. The van der Waals surface area contributed by atoms with Crippen LogP contribution < -0.4 is 18.9 Å². The SMILES string of the molecule is COc1cccc(/C=C2\Oc3cc(OC(=O)C4CCCO4)ccc3C2=O)c1OC. The van der Waals surface area contributed by atoms with Crippen LogP contribution in [-0.2, 0) is 9.53 Å². The van der Waals surface area contributed by atoms with Gasteiger partial charge in [0.15, 0.2) is 23.4 Å². The summed E-state index contributed by atoms with van der Waals surface area (Å²) in [7, 11) is 3.07. The molecule has 2 aliphatic rings. The number of ether oxygens (including phenoxy) is 5. The first kappa shape index (κ1) is 19.0. The van der Waals surface area contributed by atoms with Gasteiger partial charge in [0.2, 0.25) is 5.78 Å². The Morgan fingerprint density at radius 2 is 2.03 bits per heavy atom. The third-order valence-electron chi connectivity index (χ3n) is 4.77. The molecule has 0 radical (unpaired) electrons. The Morgan fingerprint density at radius 3 is 2.76 bits per heavy atom. The molecule has 2 aliphatic heterocycles. The van der Waals surface area contributed by atoms with Crippen LogP contribution in [-0.4, -0.2) is 38.7 Å². The fourth-order valence-electron chi connectivity index (χ4n) is 3.34. The van der Waals surface area contributed by atoms with Gasteiger partial charge in [-0.3, -0.25) is 4.79 Å². The van der Waals surface area contributed by atoms with Crippen molar-refractivity contribution in [1.29, 1.82) is 0 Å². The lowest BCUT2D eigenvalue weighted by molar-refractivity contribution is -0.144. The van der Waals surface area contributed by atoms with Gasteiger partial charge in [0, 0.05) is 18.2 Å². The molecule has 0 aliphatic carbocycles. The van der Waals surface area contributed by atoms with E-state index in [2.05, 4.69) is 0 Å². The number of hydrogen-bond acceptors (Lipinski definition) is 7. The summed E-state index contributed by atoms with van der Waals surface area (Å²) in [5.74, 6) is 1.13. The van der Waals surface area contributed by atoms with E-state index in [4.69, 9.17) is 23.7 Å². The van der Waals surface area contributed by atoms with E-state index in [1.807, 2.05) is 0 Å². The van der Waals surface area contributed by atoms with Crippen LogP contribution in [0.2, 0.25) is 0 Å². The molecule has 0 amide bonds. The Balaban J connectivity index is 1.57. The molecule has 1 atom stereocenters. The topological polar surface area (TPSA) is 80.3 Å². The molecule has 1 saturated heterocycles. The fraction of sp³-hybridized carbons (Fsp3) is 0.273. The quantitative estimate of drug-likeness (QED) is 0.435. The number of carbonyl (C=O) groups excluding carboxylic acids is 2. The van der Waals surface area contributed by atoms with Gasteiger partial charge in [-0.15, -0.1) is 0 Å². The first-order chi connectivity index (χ1) is 14.1. The van der Waals surface area contributed by atoms with E-state index in [-0.39, 0.29) is 11.5 Å². The third-order valence-corrected chi connectivity index (χ3v) is 4.77. The smallest absolute Gasteiger partial charge is 0.340 e. The molecule has 29 heavy (non-hydrogen) atoms. The molecule has 1 unspecified atom stereocenters. The number of allylic oxidation sites excluding steroid dienone is 1. The average molecular weight is 396 g/mol. The Hall–Kier alpha value is -3.32. The number of hydrogen-bond donors (Lipinski definition) is 0. The molecule has 4 rings (SSSR count). The van der Waals surface area contributed by atoms with E-state index in [0.717, 1.165) is 6.42 Å². The average Bonchev–Trinajstić information content (AvgIpc) is 3.37. The van der Waals surface area contributed by atoms with Crippen molar-refractivity contribution in [2.24, 2.45) is 0 Å². The van der Waals surface area contributed by atoms with Crippen LogP contribution in [0.3, 0.4) is 0 Å². The summed E-state index contributed by atoms with van der Waals surface area (Å²) < 4.78 is 27.1. The van der Waals surface area contributed by atoms with Crippen molar-refractivity contribution in [3.8, 4) is 23.0 Å². The van der Waals surface area contributed by atoms with Gasteiger partial charge in [0.05, 0.1) is 19.8 Å². The maximum atomic E-state index is 12.7. The maximum Gasteiger partial charge on any atom is 0.340 e. The Kier molecular flexibility index (Phi) is 5.22.